The third kappa shape index (κ3) is 2.76. The van der Waals surface area contributed by atoms with Crippen LogP contribution in [0, 0.1) is 6.92 Å². The van der Waals surface area contributed by atoms with Crippen LogP contribution in [0.25, 0.3) is 16.7 Å². The van der Waals surface area contributed by atoms with E-state index in [1.165, 1.54) is 0 Å². The Bertz CT molecular complexity index is 778. The predicted molar refractivity (Wildman–Crippen MR) is 81.9 cm³/mol. The molecule has 21 heavy (non-hydrogen) atoms. The number of fused-ring (bicyclic) bond motifs is 1. The summed E-state index contributed by atoms with van der Waals surface area (Å²) in [6.45, 7) is 5.95. The standard InChI is InChI=1S/C14H11N3O2.C2H6/c1-9-6-7-15-12(8-9)17-11-5-3-2-4-10(11)13(16-17)14(18)19;1-2/h2-8H,1H3,(H,18,19);1-2H3. The van der Waals surface area contributed by atoms with E-state index >= 15 is 0 Å². The second-order valence-electron chi connectivity index (χ2n) is 4.27. The maximum absolute atomic E-state index is 11.2. The van der Waals surface area contributed by atoms with Gasteiger partial charge >= 0.3 is 5.97 Å². The van der Waals surface area contributed by atoms with E-state index in [0.717, 1.165) is 11.1 Å². The van der Waals surface area contributed by atoms with Crippen LogP contribution >= 0.6 is 0 Å². The number of para-hydroxylation sites is 1. The average molecular weight is 283 g/mol. The first-order chi connectivity index (χ1) is 10.2. The number of nitrogens with zero attached hydrogens (tertiary/aromatic N) is 3. The van der Waals surface area contributed by atoms with Gasteiger partial charge < -0.3 is 5.11 Å². The van der Waals surface area contributed by atoms with Gasteiger partial charge in [0.1, 0.15) is 0 Å². The van der Waals surface area contributed by atoms with E-state index < -0.39 is 5.97 Å². The summed E-state index contributed by atoms with van der Waals surface area (Å²) in [5.41, 5.74) is 1.82. The Kier molecular flexibility index (Phi) is 4.33. The van der Waals surface area contributed by atoms with E-state index in [2.05, 4.69) is 10.1 Å². The summed E-state index contributed by atoms with van der Waals surface area (Å²) in [6.07, 6.45) is 1.68. The maximum atomic E-state index is 11.2. The van der Waals surface area contributed by atoms with Crippen molar-refractivity contribution in [3.63, 3.8) is 0 Å². The van der Waals surface area contributed by atoms with Gasteiger partial charge in [0.25, 0.3) is 0 Å². The molecule has 0 fully saturated rings. The minimum absolute atomic E-state index is 0.0407. The van der Waals surface area contributed by atoms with Crippen molar-refractivity contribution < 1.29 is 9.90 Å². The minimum Gasteiger partial charge on any atom is -0.476 e. The van der Waals surface area contributed by atoms with Gasteiger partial charge in [-0.3, -0.25) is 0 Å². The zero-order valence-electron chi connectivity index (χ0n) is 12.2. The van der Waals surface area contributed by atoms with Crippen LogP contribution in [-0.2, 0) is 0 Å². The maximum Gasteiger partial charge on any atom is 0.357 e. The lowest BCUT2D eigenvalue weighted by atomic mass is 10.2. The number of rotatable bonds is 2. The molecule has 0 aliphatic heterocycles. The van der Waals surface area contributed by atoms with Gasteiger partial charge in [-0.2, -0.15) is 5.10 Å². The fourth-order valence-corrected chi connectivity index (χ4v) is 2.03. The lowest BCUT2D eigenvalue weighted by Crippen LogP contribution is -2.03. The highest BCUT2D eigenvalue weighted by molar-refractivity contribution is 6.01. The van der Waals surface area contributed by atoms with Crippen LogP contribution in [0.2, 0.25) is 0 Å². The van der Waals surface area contributed by atoms with Gasteiger partial charge in [-0.05, 0) is 30.7 Å². The van der Waals surface area contributed by atoms with Crippen LogP contribution in [0.1, 0.15) is 29.9 Å². The molecule has 0 bridgehead atoms. The lowest BCUT2D eigenvalue weighted by molar-refractivity contribution is 0.0692. The number of aromatic nitrogens is 3. The smallest absolute Gasteiger partial charge is 0.357 e. The number of hydrogen-bond acceptors (Lipinski definition) is 3. The molecule has 0 spiro atoms. The Morgan fingerprint density at radius 3 is 2.57 bits per heavy atom. The molecule has 1 aromatic carbocycles. The molecule has 1 N–H and O–H groups in total. The third-order valence-electron chi connectivity index (χ3n) is 2.91. The Morgan fingerprint density at radius 2 is 1.90 bits per heavy atom. The van der Waals surface area contributed by atoms with Gasteiger partial charge in [0.15, 0.2) is 11.5 Å². The van der Waals surface area contributed by atoms with Crippen molar-refractivity contribution in [1.82, 2.24) is 14.8 Å². The molecule has 3 aromatic rings. The van der Waals surface area contributed by atoms with E-state index in [4.69, 9.17) is 0 Å². The molecular weight excluding hydrogens is 266 g/mol. The Labute approximate surface area is 122 Å². The monoisotopic (exact) mass is 283 g/mol. The molecular formula is C16H17N3O2. The van der Waals surface area contributed by atoms with Gasteiger partial charge in [0, 0.05) is 11.6 Å². The summed E-state index contributed by atoms with van der Waals surface area (Å²) in [4.78, 5) is 15.5. The highest BCUT2D eigenvalue weighted by Crippen LogP contribution is 2.21. The molecule has 0 radical (unpaired) electrons. The summed E-state index contributed by atoms with van der Waals surface area (Å²) in [5, 5.41) is 14.0. The summed E-state index contributed by atoms with van der Waals surface area (Å²) in [7, 11) is 0. The summed E-state index contributed by atoms with van der Waals surface area (Å²) < 4.78 is 1.56. The molecule has 0 saturated carbocycles. The quantitative estimate of drug-likeness (QED) is 0.782. The zero-order valence-corrected chi connectivity index (χ0v) is 12.2. The highest BCUT2D eigenvalue weighted by Gasteiger charge is 2.17. The van der Waals surface area contributed by atoms with Crippen LogP contribution < -0.4 is 0 Å². The summed E-state index contributed by atoms with van der Waals surface area (Å²) >= 11 is 0. The van der Waals surface area contributed by atoms with Gasteiger partial charge in [-0.15, -0.1) is 0 Å². The Balaban J connectivity index is 0.000000774. The van der Waals surface area contributed by atoms with E-state index in [-0.39, 0.29) is 5.69 Å². The van der Waals surface area contributed by atoms with E-state index in [0.29, 0.717) is 11.2 Å². The number of carbonyl (C=O) groups is 1. The number of aromatic carboxylic acids is 1. The van der Waals surface area contributed by atoms with E-state index in [1.807, 2.05) is 45.0 Å². The van der Waals surface area contributed by atoms with Crippen molar-refractivity contribution >= 4 is 16.9 Å². The van der Waals surface area contributed by atoms with Crippen molar-refractivity contribution in [3.05, 3.63) is 53.9 Å². The molecule has 108 valence electrons. The third-order valence-corrected chi connectivity index (χ3v) is 2.91. The molecule has 2 heterocycles. The van der Waals surface area contributed by atoms with Crippen molar-refractivity contribution in [2.24, 2.45) is 0 Å². The van der Waals surface area contributed by atoms with E-state index in [9.17, 15) is 9.90 Å². The normalized spacial score (nSPS) is 10.0. The second kappa shape index (κ2) is 6.17. The van der Waals surface area contributed by atoms with Crippen molar-refractivity contribution in [1.29, 1.82) is 0 Å². The highest BCUT2D eigenvalue weighted by atomic mass is 16.4. The molecule has 0 saturated heterocycles. The van der Waals surface area contributed by atoms with Gasteiger partial charge in [-0.1, -0.05) is 32.0 Å². The molecule has 0 unspecified atom stereocenters. The van der Waals surface area contributed by atoms with Crippen LogP contribution in [0.5, 0.6) is 0 Å². The van der Waals surface area contributed by atoms with Crippen LogP contribution in [0.4, 0.5) is 0 Å². The van der Waals surface area contributed by atoms with Gasteiger partial charge in [0.2, 0.25) is 0 Å². The van der Waals surface area contributed by atoms with Crippen molar-refractivity contribution in [2.75, 3.05) is 0 Å². The van der Waals surface area contributed by atoms with Crippen LogP contribution in [0.3, 0.4) is 0 Å². The first-order valence-electron chi connectivity index (χ1n) is 6.81. The number of carboxylic acid groups (broad SMARTS) is 1. The zero-order chi connectivity index (χ0) is 15.4. The van der Waals surface area contributed by atoms with E-state index in [1.54, 1.807) is 23.0 Å². The Morgan fingerprint density at radius 1 is 1.19 bits per heavy atom. The van der Waals surface area contributed by atoms with Gasteiger partial charge in [-0.25, -0.2) is 14.5 Å². The molecule has 5 heteroatoms. The first-order valence-corrected chi connectivity index (χ1v) is 6.81. The molecule has 0 atom stereocenters. The fourth-order valence-electron chi connectivity index (χ4n) is 2.03. The number of benzene rings is 1. The van der Waals surface area contributed by atoms with Crippen molar-refractivity contribution in [3.8, 4) is 5.82 Å². The minimum atomic E-state index is -1.04. The van der Waals surface area contributed by atoms with Crippen LogP contribution in [0.15, 0.2) is 42.6 Å². The van der Waals surface area contributed by atoms with Crippen molar-refractivity contribution in [2.45, 2.75) is 20.8 Å². The second-order valence-corrected chi connectivity index (χ2v) is 4.27. The summed E-state index contributed by atoms with van der Waals surface area (Å²) in [6, 6.07) is 11.0. The topological polar surface area (TPSA) is 68.0 Å². The molecule has 2 aromatic heterocycles. The largest absolute Gasteiger partial charge is 0.476 e. The number of aryl methyl sites for hydroxylation is 1. The molecule has 0 aliphatic rings. The summed E-state index contributed by atoms with van der Waals surface area (Å²) in [5.74, 6) is -0.425. The van der Waals surface area contributed by atoms with Gasteiger partial charge in [0.05, 0.1) is 5.52 Å². The Hall–Kier alpha value is -2.69. The number of pyridine rings is 1. The SMILES string of the molecule is CC.Cc1ccnc(-n2nc(C(=O)O)c3ccccc32)c1. The number of hydrogen-bond donors (Lipinski definition) is 1. The predicted octanol–water partition coefficient (Wildman–Crippen LogP) is 3.45. The van der Waals surface area contributed by atoms with Crippen LogP contribution in [-0.4, -0.2) is 25.8 Å². The molecule has 3 rings (SSSR count). The first kappa shape index (κ1) is 14.7. The molecule has 5 nitrogen and oxygen atoms in total. The molecule has 0 aliphatic carbocycles. The number of carboxylic acids is 1. The fraction of sp³-hybridized carbons (Fsp3) is 0.188. The average Bonchev–Trinajstić information content (AvgIpc) is 2.89. The molecule has 0 amide bonds. The lowest BCUT2D eigenvalue weighted by Gasteiger charge is -2.02.